The molecule has 0 aliphatic rings. The summed E-state index contributed by atoms with van der Waals surface area (Å²) in [5.74, 6) is 0. The van der Waals surface area contributed by atoms with Gasteiger partial charge in [0.25, 0.3) is 0 Å². The van der Waals surface area contributed by atoms with Crippen molar-refractivity contribution in [3.63, 3.8) is 0 Å². The van der Waals surface area contributed by atoms with Crippen LogP contribution in [0.25, 0.3) is 0 Å². The number of hydrogen-bond donors (Lipinski definition) is 2. The molecule has 19 heavy (non-hydrogen) atoms. The number of H-pyrrole nitrogens is 1. The van der Waals surface area contributed by atoms with Crippen molar-refractivity contribution in [1.29, 1.82) is 0 Å². The first-order valence-corrected chi connectivity index (χ1v) is 6.36. The van der Waals surface area contributed by atoms with Crippen molar-refractivity contribution in [3.8, 4) is 0 Å². The van der Waals surface area contributed by atoms with E-state index in [9.17, 15) is 9.59 Å². The quantitative estimate of drug-likeness (QED) is 0.768. The molecule has 0 aromatic carbocycles. The van der Waals surface area contributed by atoms with Crippen molar-refractivity contribution in [1.82, 2.24) is 19.7 Å². The van der Waals surface area contributed by atoms with E-state index < -0.39 is 11.1 Å². The summed E-state index contributed by atoms with van der Waals surface area (Å²) in [5.41, 5.74) is 5.14. The third kappa shape index (κ3) is 2.91. The zero-order valence-electron chi connectivity index (χ0n) is 10.5. The second-order valence-electron chi connectivity index (χ2n) is 3.99. The van der Waals surface area contributed by atoms with Crippen LogP contribution in [0.15, 0.2) is 38.1 Å². The van der Waals surface area contributed by atoms with E-state index in [2.05, 4.69) is 15.1 Å². The highest BCUT2D eigenvalue weighted by atomic mass is 32.2. The lowest BCUT2D eigenvalue weighted by Gasteiger charge is -2.11. The zero-order chi connectivity index (χ0) is 14.0. The van der Waals surface area contributed by atoms with Gasteiger partial charge in [-0.2, -0.15) is 4.98 Å². The summed E-state index contributed by atoms with van der Waals surface area (Å²) < 4.78 is 1.38. The molecule has 0 aliphatic carbocycles. The average Bonchev–Trinajstić information content (AvgIpc) is 2.36. The largest absolute Gasteiger partial charge is 0.339 e. The number of pyridine rings is 1. The maximum atomic E-state index is 11.3. The monoisotopic (exact) mass is 279 g/mol. The van der Waals surface area contributed by atoms with Crippen LogP contribution >= 0.6 is 11.8 Å². The molecule has 0 unspecified atom stereocenters. The summed E-state index contributed by atoms with van der Waals surface area (Å²) in [5, 5.41) is 3.39. The van der Waals surface area contributed by atoms with Crippen LogP contribution in [0, 0.1) is 0 Å². The van der Waals surface area contributed by atoms with E-state index in [-0.39, 0.29) is 6.04 Å². The van der Waals surface area contributed by atoms with Gasteiger partial charge in [-0.25, -0.2) is 4.98 Å². The fourth-order valence-electron chi connectivity index (χ4n) is 1.47. The van der Waals surface area contributed by atoms with Gasteiger partial charge < -0.3 is 5.73 Å². The fourth-order valence-corrected chi connectivity index (χ4v) is 2.44. The van der Waals surface area contributed by atoms with Crippen LogP contribution in [0.3, 0.4) is 0 Å². The molecule has 3 N–H and O–H groups in total. The number of nitrogens with one attached hydrogen (secondary N) is 1. The summed E-state index contributed by atoms with van der Waals surface area (Å²) in [6, 6.07) is 3.47. The third-order valence-corrected chi connectivity index (χ3v) is 3.51. The predicted molar refractivity (Wildman–Crippen MR) is 71.1 cm³/mol. The van der Waals surface area contributed by atoms with Crippen LogP contribution in [0.1, 0.15) is 18.5 Å². The van der Waals surface area contributed by atoms with Gasteiger partial charge in [0.05, 0.1) is 0 Å². The van der Waals surface area contributed by atoms with Gasteiger partial charge in [0.15, 0.2) is 5.16 Å². The van der Waals surface area contributed by atoms with E-state index in [1.165, 1.54) is 16.4 Å². The Morgan fingerprint density at radius 2 is 2.21 bits per heavy atom. The van der Waals surface area contributed by atoms with Gasteiger partial charge in [-0.1, -0.05) is 6.07 Å². The van der Waals surface area contributed by atoms with Crippen molar-refractivity contribution in [2.45, 2.75) is 23.1 Å². The molecule has 0 aliphatic heterocycles. The van der Waals surface area contributed by atoms with Gasteiger partial charge in [0, 0.05) is 24.8 Å². The van der Waals surface area contributed by atoms with E-state index in [1.807, 2.05) is 13.0 Å². The Morgan fingerprint density at radius 3 is 2.89 bits per heavy atom. The molecule has 0 fully saturated rings. The van der Waals surface area contributed by atoms with E-state index in [0.29, 0.717) is 10.2 Å². The summed E-state index contributed by atoms with van der Waals surface area (Å²) in [4.78, 5) is 30.3. The highest BCUT2D eigenvalue weighted by Gasteiger charge is 2.12. The smallest absolute Gasteiger partial charge is 0.324 e. The highest BCUT2D eigenvalue weighted by Crippen LogP contribution is 2.28. The minimum atomic E-state index is -0.820. The second kappa shape index (κ2) is 5.37. The van der Waals surface area contributed by atoms with E-state index in [1.54, 1.807) is 19.3 Å². The molecule has 100 valence electrons. The minimum Gasteiger partial charge on any atom is -0.324 e. The van der Waals surface area contributed by atoms with Crippen LogP contribution in [0.4, 0.5) is 0 Å². The third-order valence-electron chi connectivity index (χ3n) is 2.43. The molecule has 2 rings (SSSR count). The van der Waals surface area contributed by atoms with Crippen LogP contribution in [0.5, 0.6) is 0 Å². The molecule has 2 heterocycles. The zero-order valence-corrected chi connectivity index (χ0v) is 11.3. The first-order valence-electron chi connectivity index (χ1n) is 5.54. The summed E-state index contributed by atoms with van der Waals surface area (Å²) in [7, 11) is 1.60. The lowest BCUT2D eigenvalue weighted by Crippen LogP contribution is -2.33. The highest BCUT2D eigenvalue weighted by molar-refractivity contribution is 7.99. The lowest BCUT2D eigenvalue weighted by atomic mass is 10.2. The summed E-state index contributed by atoms with van der Waals surface area (Å²) in [6.45, 7) is 1.85. The molecule has 0 spiro atoms. The Kier molecular flexibility index (Phi) is 3.82. The van der Waals surface area contributed by atoms with Gasteiger partial charge in [0.2, 0.25) is 0 Å². The van der Waals surface area contributed by atoms with Gasteiger partial charge in [-0.05, 0) is 24.8 Å². The molecule has 0 amide bonds. The summed E-state index contributed by atoms with van der Waals surface area (Å²) >= 11 is 1.18. The first-order chi connectivity index (χ1) is 8.99. The van der Waals surface area contributed by atoms with Gasteiger partial charge in [-0.3, -0.25) is 19.4 Å². The Balaban J connectivity index is 2.45. The number of hydrogen-bond acceptors (Lipinski definition) is 6. The van der Waals surface area contributed by atoms with Crippen LogP contribution in [-0.4, -0.2) is 19.7 Å². The second-order valence-corrected chi connectivity index (χ2v) is 4.94. The van der Waals surface area contributed by atoms with Crippen molar-refractivity contribution in [2.75, 3.05) is 0 Å². The molecule has 8 heteroatoms. The Morgan fingerprint density at radius 1 is 1.47 bits per heavy atom. The molecule has 0 saturated carbocycles. The maximum absolute atomic E-state index is 11.3. The maximum Gasteiger partial charge on any atom is 0.339 e. The molecular weight excluding hydrogens is 266 g/mol. The molecule has 0 radical (unpaired) electrons. The van der Waals surface area contributed by atoms with E-state index in [0.717, 1.165) is 5.56 Å². The van der Waals surface area contributed by atoms with Crippen molar-refractivity contribution in [2.24, 2.45) is 12.8 Å². The normalized spacial score (nSPS) is 12.4. The SMILES string of the molecule is C[C@@H](N)c1cccnc1Sc1nc(=O)c(=O)[nH]n1C. The van der Waals surface area contributed by atoms with Crippen LogP contribution in [-0.2, 0) is 7.05 Å². The van der Waals surface area contributed by atoms with Gasteiger partial charge in [-0.15, -0.1) is 0 Å². The average molecular weight is 279 g/mol. The van der Waals surface area contributed by atoms with E-state index in [4.69, 9.17) is 5.73 Å². The molecule has 2 aromatic rings. The molecule has 0 saturated heterocycles. The topological polar surface area (TPSA) is 107 Å². The standard InChI is InChI=1S/C11H13N5O2S/c1-6(12)7-4-3-5-13-10(7)19-11-14-8(17)9(18)15-16(11)2/h3-6H,12H2,1-2H3,(H,15,18)/t6-/m1/s1. The Bertz CT molecular complexity index is 707. The van der Waals surface area contributed by atoms with E-state index >= 15 is 0 Å². The summed E-state index contributed by atoms with van der Waals surface area (Å²) in [6.07, 6.45) is 1.64. The molecule has 7 nitrogen and oxygen atoms in total. The first kappa shape index (κ1) is 13.5. The van der Waals surface area contributed by atoms with Gasteiger partial charge >= 0.3 is 11.1 Å². The lowest BCUT2D eigenvalue weighted by molar-refractivity contribution is 0.595. The molecule has 0 bridgehead atoms. The van der Waals surface area contributed by atoms with Crippen molar-refractivity contribution >= 4 is 11.8 Å². The fraction of sp³-hybridized carbons (Fsp3) is 0.273. The number of nitrogens with zero attached hydrogens (tertiary/aromatic N) is 3. The minimum absolute atomic E-state index is 0.184. The molecule has 1 atom stereocenters. The number of aromatic nitrogens is 4. The van der Waals surface area contributed by atoms with Crippen LogP contribution < -0.4 is 16.9 Å². The van der Waals surface area contributed by atoms with Gasteiger partial charge in [0.1, 0.15) is 5.03 Å². The Labute approximate surface area is 112 Å². The van der Waals surface area contributed by atoms with Crippen molar-refractivity contribution in [3.05, 3.63) is 44.6 Å². The van der Waals surface area contributed by atoms with Crippen LogP contribution in [0.2, 0.25) is 0 Å². The number of nitrogens with two attached hydrogens (primary N) is 1. The number of aryl methyl sites for hydroxylation is 1. The number of aromatic amines is 1. The predicted octanol–water partition coefficient (Wildman–Crippen LogP) is 0.0345. The number of rotatable bonds is 3. The Hall–Kier alpha value is -1.93. The molecular formula is C11H13N5O2S. The van der Waals surface area contributed by atoms with Crippen molar-refractivity contribution < 1.29 is 0 Å². The molecule has 2 aromatic heterocycles.